The first-order valence-electron chi connectivity index (χ1n) is 9.87. The molecule has 2 aromatic heterocycles. The Morgan fingerprint density at radius 2 is 1.79 bits per heavy atom. The number of hydrogen-bond acceptors (Lipinski definition) is 5. The predicted octanol–water partition coefficient (Wildman–Crippen LogP) is 4.89. The molecule has 2 fully saturated rings. The lowest BCUT2D eigenvalue weighted by Gasteiger charge is -2.27. The molecule has 1 aliphatic carbocycles. The van der Waals surface area contributed by atoms with Crippen molar-refractivity contribution in [2.45, 2.75) is 37.5 Å². The van der Waals surface area contributed by atoms with Gasteiger partial charge in [0.1, 0.15) is 5.82 Å². The molecule has 1 saturated carbocycles. The monoisotopic (exact) mass is 393 g/mol. The second kappa shape index (κ2) is 7.33. The van der Waals surface area contributed by atoms with Gasteiger partial charge in [0.15, 0.2) is 6.33 Å². The van der Waals surface area contributed by atoms with Crippen molar-refractivity contribution in [1.82, 2.24) is 19.9 Å². The number of likely N-dealkylation sites (tertiary alicyclic amines) is 1. The van der Waals surface area contributed by atoms with Gasteiger partial charge in [-0.25, -0.2) is 19.3 Å². The molecule has 0 atom stereocenters. The van der Waals surface area contributed by atoms with Gasteiger partial charge in [-0.15, -0.1) is 11.3 Å². The summed E-state index contributed by atoms with van der Waals surface area (Å²) in [5.74, 6) is 0.786. The van der Waals surface area contributed by atoms with Crippen LogP contribution in [0.3, 0.4) is 0 Å². The molecule has 0 spiro atoms. The SMILES string of the molecule is CN1CCC(c2nc(-c3ccc(F)cc3)c(-c3n[c]ncc3C3CC3)s2)CC1. The topological polar surface area (TPSA) is 41.9 Å². The number of halogens is 1. The van der Waals surface area contributed by atoms with Gasteiger partial charge >= 0.3 is 0 Å². The summed E-state index contributed by atoms with van der Waals surface area (Å²) in [4.78, 5) is 17.2. The van der Waals surface area contributed by atoms with E-state index in [-0.39, 0.29) is 5.82 Å². The number of thiazole rings is 1. The summed E-state index contributed by atoms with van der Waals surface area (Å²) < 4.78 is 13.5. The zero-order valence-electron chi connectivity index (χ0n) is 15.9. The lowest BCUT2D eigenvalue weighted by molar-refractivity contribution is 0.255. The molecule has 0 amide bonds. The third-order valence-electron chi connectivity index (χ3n) is 5.76. The van der Waals surface area contributed by atoms with Crippen molar-refractivity contribution >= 4 is 11.3 Å². The standard InChI is InChI=1S/C22H22FN4S/c1-27-10-8-16(9-11-27)22-26-19(15-4-6-17(23)7-5-15)21(28-22)20-18(14-2-3-14)12-24-13-25-20/h4-7,12,14,16H,2-3,8-11H2,1H3. The van der Waals surface area contributed by atoms with E-state index in [1.54, 1.807) is 11.3 Å². The molecule has 1 aromatic carbocycles. The van der Waals surface area contributed by atoms with Crippen molar-refractivity contribution in [3.05, 3.63) is 53.2 Å². The summed E-state index contributed by atoms with van der Waals surface area (Å²) in [5.41, 5.74) is 3.99. The van der Waals surface area contributed by atoms with Crippen LogP contribution >= 0.6 is 11.3 Å². The third-order valence-corrected chi connectivity index (χ3v) is 6.98. The van der Waals surface area contributed by atoms with E-state index in [1.807, 2.05) is 18.3 Å². The van der Waals surface area contributed by atoms with Crippen molar-refractivity contribution in [3.63, 3.8) is 0 Å². The Balaban J connectivity index is 1.61. The second-order valence-corrected chi connectivity index (χ2v) is 8.89. The van der Waals surface area contributed by atoms with Crippen molar-refractivity contribution in [2.75, 3.05) is 20.1 Å². The molecule has 3 aromatic rings. The van der Waals surface area contributed by atoms with Crippen molar-refractivity contribution in [1.29, 1.82) is 0 Å². The number of nitrogens with zero attached hydrogens (tertiary/aromatic N) is 4. The average molecular weight is 394 g/mol. The number of benzene rings is 1. The van der Waals surface area contributed by atoms with E-state index in [2.05, 4.69) is 28.2 Å². The van der Waals surface area contributed by atoms with E-state index in [0.29, 0.717) is 11.8 Å². The fourth-order valence-corrected chi connectivity index (χ4v) is 5.18. The first-order chi connectivity index (χ1) is 13.7. The highest BCUT2D eigenvalue weighted by molar-refractivity contribution is 7.15. The zero-order valence-corrected chi connectivity index (χ0v) is 16.7. The van der Waals surface area contributed by atoms with Gasteiger partial charge in [-0.1, -0.05) is 0 Å². The summed E-state index contributed by atoms with van der Waals surface area (Å²) in [5, 5.41) is 1.17. The maximum atomic E-state index is 13.5. The minimum absolute atomic E-state index is 0.231. The normalized spacial score (nSPS) is 18.5. The molecule has 5 rings (SSSR count). The van der Waals surface area contributed by atoms with E-state index < -0.39 is 0 Å². The van der Waals surface area contributed by atoms with E-state index in [0.717, 1.165) is 47.8 Å². The van der Waals surface area contributed by atoms with Gasteiger partial charge in [-0.2, -0.15) is 0 Å². The highest BCUT2D eigenvalue weighted by Crippen LogP contribution is 2.47. The number of rotatable bonds is 4. The molecular formula is C22H22FN4S. The van der Waals surface area contributed by atoms with Crippen LogP contribution in [0.5, 0.6) is 0 Å². The first-order valence-corrected chi connectivity index (χ1v) is 10.7. The Morgan fingerprint density at radius 3 is 2.50 bits per heavy atom. The summed E-state index contributed by atoms with van der Waals surface area (Å²) in [6, 6.07) is 6.63. The molecule has 28 heavy (non-hydrogen) atoms. The minimum atomic E-state index is -0.231. The molecule has 0 N–H and O–H groups in total. The van der Waals surface area contributed by atoms with Gasteiger partial charge in [0.2, 0.25) is 0 Å². The smallest absolute Gasteiger partial charge is 0.198 e. The van der Waals surface area contributed by atoms with E-state index >= 15 is 0 Å². The molecule has 6 heteroatoms. The molecule has 0 unspecified atom stereocenters. The van der Waals surface area contributed by atoms with Crippen LogP contribution in [0.25, 0.3) is 21.8 Å². The van der Waals surface area contributed by atoms with Crippen molar-refractivity contribution < 1.29 is 4.39 Å². The summed E-state index contributed by atoms with van der Waals surface area (Å²) in [6.45, 7) is 2.19. The molecule has 1 saturated heterocycles. The Hall–Kier alpha value is -2.18. The number of hydrogen-bond donors (Lipinski definition) is 0. The van der Waals surface area contributed by atoms with E-state index in [9.17, 15) is 4.39 Å². The van der Waals surface area contributed by atoms with Gasteiger partial charge in [0, 0.05) is 23.2 Å². The highest BCUT2D eigenvalue weighted by atomic mass is 32.1. The maximum Gasteiger partial charge on any atom is 0.198 e. The van der Waals surface area contributed by atoms with E-state index in [1.165, 1.54) is 35.5 Å². The lowest BCUT2D eigenvalue weighted by Crippen LogP contribution is -2.29. The van der Waals surface area contributed by atoms with Crippen LogP contribution in [0.2, 0.25) is 0 Å². The summed E-state index contributed by atoms with van der Waals surface area (Å²) in [7, 11) is 2.17. The molecule has 0 bridgehead atoms. The summed E-state index contributed by atoms with van der Waals surface area (Å²) >= 11 is 1.75. The van der Waals surface area contributed by atoms with E-state index in [4.69, 9.17) is 4.98 Å². The molecule has 1 aliphatic heterocycles. The summed E-state index contributed by atoms with van der Waals surface area (Å²) in [6.07, 6.45) is 9.30. The second-order valence-electron chi connectivity index (χ2n) is 7.86. The van der Waals surface area contributed by atoms with Crippen LogP contribution in [0.15, 0.2) is 30.5 Å². The Kier molecular flexibility index (Phi) is 4.69. The zero-order chi connectivity index (χ0) is 19.1. The van der Waals surface area contributed by atoms with Gasteiger partial charge in [-0.3, -0.25) is 0 Å². The van der Waals surface area contributed by atoms with Crippen LogP contribution in [0.1, 0.15) is 48.1 Å². The van der Waals surface area contributed by atoms with Crippen molar-refractivity contribution in [2.24, 2.45) is 0 Å². The van der Waals surface area contributed by atoms with Gasteiger partial charge < -0.3 is 4.90 Å². The van der Waals surface area contributed by atoms with Crippen LogP contribution in [0, 0.1) is 12.1 Å². The van der Waals surface area contributed by atoms with Crippen LogP contribution in [-0.2, 0) is 0 Å². The van der Waals surface area contributed by atoms with Gasteiger partial charge in [-0.05, 0) is 76.0 Å². The number of aromatic nitrogens is 3. The van der Waals surface area contributed by atoms with Crippen LogP contribution in [-0.4, -0.2) is 40.0 Å². The fraction of sp³-hybridized carbons (Fsp3) is 0.409. The first kappa shape index (κ1) is 17.9. The minimum Gasteiger partial charge on any atom is -0.306 e. The molecule has 3 heterocycles. The van der Waals surface area contributed by atoms with Gasteiger partial charge in [0.25, 0.3) is 0 Å². The molecule has 143 valence electrons. The number of piperidine rings is 1. The molecule has 1 radical (unpaired) electrons. The average Bonchev–Trinajstić information content (AvgIpc) is 3.48. The predicted molar refractivity (Wildman–Crippen MR) is 109 cm³/mol. The Bertz CT molecular complexity index is 972. The molecule has 4 nitrogen and oxygen atoms in total. The quantitative estimate of drug-likeness (QED) is 0.633. The largest absolute Gasteiger partial charge is 0.306 e. The third kappa shape index (κ3) is 3.47. The van der Waals surface area contributed by atoms with Crippen molar-refractivity contribution in [3.8, 4) is 21.8 Å². The molecular weight excluding hydrogens is 371 g/mol. The van der Waals surface area contributed by atoms with Gasteiger partial charge in [0.05, 0.1) is 21.3 Å². The lowest BCUT2D eigenvalue weighted by atomic mass is 9.98. The van der Waals surface area contributed by atoms with Crippen LogP contribution in [0.4, 0.5) is 4.39 Å². The molecule has 2 aliphatic rings. The maximum absolute atomic E-state index is 13.5. The van der Waals surface area contributed by atoms with Crippen LogP contribution < -0.4 is 0 Å². The Morgan fingerprint density at radius 1 is 1.04 bits per heavy atom. The Labute approximate surface area is 168 Å². The highest BCUT2D eigenvalue weighted by Gasteiger charge is 2.31. The fourth-order valence-electron chi connectivity index (χ4n) is 3.91.